The predicted octanol–water partition coefficient (Wildman–Crippen LogP) is 17.6. The van der Waals surface area contributed by atoms with Crippen molar-refractivity contribution >= 4 is 71.3 Å². The summed E-state index contributed by atoms with van der Waals surface area (Å²) in [6.45, 7) is 19.1. The molecule has 20 rings (SSSR count). The molecule has 8 bridgehead atoms. The van der Waals surface area contributed by atoms with E-state index >= 15 is 9.59 Å². The smallest absolute Gasteiger partial charge is 0.331 e. The summed E-state index contributed by atoms with van der Waals surface area (Å²) < 4.78 is 99.7. The average Bonchev–Trinajstić information content (AvgIpc) is 1.65. The molecule has 0 saturated carbocycles. The minimum atomic E-state index is -1.44. The molecule has 0 aromatic heterocycles. The van der Waals surface area contributed by atoms with Crippen LogP contribution < -0.4 is 76.9 Å². The fourth-order valence-electron chi connectivity index (χ4n) is 24.6. The van der Waals surface area contributed by atoms with Gasteiger partial charge in [0.1, 0.15) is 37.0 Å². The van der Waals surface area contributed by atoms with Crippen molar-refractivity contribution in [2.24, 2.45) is 0 Å². The first kappa shape index (κ1) is 106. The highest BCUT2D eigenvalue weighted by molar-refractivity contribution is 7.99. The number of carbonyl (C=O) groups is 8. The first-order chi connectivity index (χ1) is 70.1. The van der Waals surface area contributed by atoms with Gasteiger partial charge in [-0.3, -0.25) is 59.0 Å². The van der Waals surface area contributed by atoms with Gasteiger partial charge in [-0.1, -0.05) is 143 Å². The number of unbranched alkanes of at least 4 members (excludes halogenated alkanes) is 16. The van der Waals surface area contributed by atoms with E-state index in [-0.39, 0.29) is 105 Å². The van der Waals surface area contributed by atoms with Crippen molar-refractivity contribution in [3.8, 4) is 86.6 Å². The van der Waals surface area contributed by atoms with Crippen molar-refractivity contribution in [1.82, 2.24) is 30.2 Å². The molecule has 14 atom stereocenters. The Morgan fingerprint density at radius 3 is 1.19 bits per heavy atom. The molecule has 14 aliphatic rings. The number of carbonyl (C=O) groups excluding carboxylic acids is 8. The normalized spacial score (nSPS) is 24.7. The van der Waals surface area contributed by atoms with Gasteiger partial charge in [-0.25, -0.2) is 9.59 Å². The number of fused-ring (bicyclic) bond motifs is 18. The maximum atomic E-state index is 15.3. The summed E-state index contributed by atoms with van der Waals surface area (Å²) >= 11 is 2.96. The molecule has 14 heterocycles. The van der Waals surface area contributed by atoms with Crippen LogP contribution in [0.1, 0.15) is 319 Å². The van der Waals surface area contributed by atoms with Gasteiger partial charge in [0, 0.05) is 127 Å². The van der Waals surface area contributed by atoms with Gasteiger partial charge in [-0.2, -0.15) is 5.26 Å². The number of aryl methyl sites for hydroxylation is 2. The molecule has 145 heavy (non-hydrogen) atoms. The Balaban J connectivity index is 0.000000199. The van der Waals surface area contributed by atoms with Gasteiger partial charge in [0.15, 0.2) is 80.1 Å². The second kappa shape index (κ2) is 45.6. The van der Waals surface area contributed by atoms with Crippen LogP contribution in [0, 0.1) is 39.0 Å². The Labute approximate surface area is 858 Å². The maximum Gasteiger partial charge on any atom is 0.331 e. The Morgan fingerprint density at radius 1 is 0.434 bits per heavy atom. The number of esters is 8. The van der Waals surface area contributed by atoms with Crippen LogP contribution >= 0.6 is 23.5 Å². The maximum absolute atomic E-state index is 15.3. The third kappa shape index (κ3) is 20.0. The number of likely N-dealkylation sites (N-methyl/N-ethyl adjacent to an activating group) is 2. The molecule has 32 nitrogen and oxygen atoms in total. The minimum Gasteiger partial charge on any atom is -0.493 e. The number of hydrogen-bond acceptors (Lipinski definition) is 34. The van der Waals surface area contributed by atoms with Gasteiger partial charge in [-0.15, -0.1) is 23.5 Å². The monoisotopic (exact) mass is 2040 g/mol. The lowest BCUT2D eigenvalue weighted by Crippen LogP contribution is -2.70. The van der Waals surface area contributed by atoms with Gasteiger partial charge in [0.2, 0.25) is 13.6 Å². The summed E-state index contributed by atoms with van der Waals surface area (Å²) in [5.41, 5.74) is 8.74. The Kier molecular flexibility index (Phi) is 33.3. The molecule has 4 saturated heterocycles. The van der Waals surface area contributed by atoms with Crippen LogP contribution in [0.15, 0.2) is 36.4 Å². The molecule has 0 radical (unpaired) electrons. The first-order valence-corrected chi connectivity index (χ1v) is 54.3. The molecular weight excluding hydrogens is 1900 g/mol. The number of nitrogens with one attached hydrogen (secondary N) is 2. The number of rotatable bonds is 34. The van der Waals surface area contributed by atoms with Gasteiger partial charge in [0.25, 0.3) is 0 Å². The van der Waals surface area contributed by atoms with Gasteiger partial charge >= 0.3 is 47.8 Å². The van der Waals surface area contributed by atoms with Crippen molar-refractivity contribution in [3.63, 3.8) is 0 Å². The van der Waals surface area contributed by atoms with Crippen molar-refractivity contribution < 1.29 is 119 Å². The number of ether oxygens (including phenoxy) is 16. The van der Waals surface area contributed by atoms with Gasteiger partial charge in [0.05, 0.1) is 75.2 Å². The SMILES string of the molecule is CCCCCCCC(=O)Oc1cc2c(cc1OC)[C@@]1(CS[C@@H]3c4c(OC(C)=O)c(C)c5c(c4[C@H](COC1=O)N1C3[C@H]3c4c(cc(C)c(OC)c4OC(=O)CCCCCCC)C[C@@H]([C@@H]1C#N)N3C)OCO5)NCC2.CCCCCCCC(=O)Oc1cc2c(cc1OC)[C@@]1(CS[C@@H]3c4c(OC(C)=O)c(C)c5c(c4[C@H](COC1=O)N1C3[C@H]3c4c(cc(C)c(OC)c4OC(=O)CCCCCCC)C[C@@H]([C@@H]1O)N3C)OCO5)NCC2. The first-order valence-electron chi connectivity index (χ1n) is 52.2. The fourth-order valence-corrected chi connectivity index (χ4v) is 28.0. The molecule has 6 aromatic rings. The number of thioether (sulfide) groups is 2. The lowest BCUT2D eigenvalue weighted by molar-refractivity contribution is -0.186. The van der Waals surface area contributed by atoms with Crippen LogP contribution in [0.5, 0.6) is 80.5 Å². The van der Waals surface area contributed by atoms with E-state index < -0.39 is 100 Å². The zero-order valence-corrected chi connectivity index (χ0v) is 88.3. The number of benzene rings is 6. The zero-order chi connectivity index (χ0) is 103. The summed E-state index contributed by atoms with van der Waals surface area (Å²) in [6.07, 6.45) is 21.5. The Morgan fingerprint density at radius 2 is 0.807 bits per heavy atom. The highest BCUT2D eigenvalue weighted by atomic mass is 32.2. The molecule has 2 unspecified atom stereocenters. The van der Waals surface area contributed by atoms with Crippen LogP contribution in [0.25, 0.3) is 0 Å². The van der Waals surface area contributed by atoms with E-state index in [4.69, 9.17) is 75.8 Å². The van der Waals surface area contributed by atoms with Crippen molar-refractivity contribution in [2.75, 3.05) is 93.9 Å². The molecule has 0 amide bonds. The zero-order valence-electron chi connectivity index (χ0n) is 86.6. The van der Waals surface area contributed by atoms with Crippen molar-refractivity contribution in [2.45, 2.75) is 331 Å². The average molecular weight is 2040 g/mol. The number of piperazine rings is 2. The number of methoxy groups -OCH3 is 4. The summed E-state index contributed by atoms with van der Waals surface area (Å²) in [7, 11) is 10.2. The van der Waals surface area contributed by atoms with E-state index in [1.807, 2.05) is 58.8 Å². The van der Waals surface area contributed by atoms with Gasteiger partial charge < -0.3 is 80.9 Å². The van der Waals surface area contributed by atoms with Crippen molar-refractivity contribution in [1.29, 1.82) is 5.26 Å². The van der Waals surface area contributed by atoms with Crippen LogP contribution in [-0.4, -0.2) is 203 Å². The second-order valence-corrected chi connectivity index (χ2v) is 42.8. The number of nitrogens with zero attached hydrogens (tertiary/aromatic N) is 5. The minimum absolute atomic E-state index is 0.0851. The fraction of sp³-hybridized carbons (Fsp3) is 0.595. The van der Waals surface area contributed by atoms with E-state index in [0.29, 0.717) is 165 Å². The topological polar surface area (TPSA) is 365 Å². The largest absolute Gasteiger partial charge is 0.493 e. The number of aliphatic hydroxyl groups is 1. The molecule has 3 N–H and O–H groups in total. The van der Waals surface area contributed by atoms with Crippen LogP contribution in [0.4, 0.5) is 0 Å². The lowest BCUT2D eigenvalue weighted by atomic mass is 9.71. The third-order valence-corrected chi connectivity index (χ3v) is 34.4. The molecule has 782 valence electrons. The third-order valence-electron chi connectivity index (χ3n) is 31.4. The van der Waals surface area contributed by atoms with E-state index in [0.717, 1.165) is 160 Å². The van der Waals surface area contributed by atoms with E-state index in [1.165, 1.54) is 51.6 Å². The highest BCUT2D eigenvalue weighted by Gasteiger charge is 2.65. The molecular formula is C111H141N7O25S2. The molecule has 14 aliphatic heterocycles. The quantitative estimate of drug-likeness (QED) is 0.0192. The van der Waals surface area contributed by atoms with Crippen LogP contribution in [-0.2, 0) is 84.6 Å². The van der Waals surface area contributed by atoms with Crippen LogP contribution in [0.2, 0.25) is 0 Å². The van der Waals surface area contributed by atoms with Gasteiger partial charge in [-0.05, 0) is 162 Å². The number of aliphatic hydroxyl groups excluding tert-OH is 1. The van der Waals surface area contributed by atoms with Crippen molar-refractivity contribution in [3.05, 3.63) is 125 Å². The second-order valence-electron chi connectivity index (χ2n) is 40.5. The summed E-state index contributed by atoms with van der Waals surface area (Å²) in [5.74, 6) is 1.84. The lowest BCUT2D eigenvalue weighted by Gasteiger charge is -2.62. The molecule has 6 aromatic carbocycles. The number of nitriles is 1. The highest BCUT2D eigenvalue weighted by Crippen LogP contribution is 2.68. The molecule has 0 aliphatic carbocycles. The van der Waals surface area contributed by atoms with E-state index in [2.05, 4.69) is 71.2 Å². The molecule has 34 heteroatoms. The number of hydrogen-bond donors (Lipinski definition) is 3. The Bertz CT molecular complexity index is 5980. The standard InChI is InChI=1S/C56H70N4O12S.C55H71N3O13S/c1-9-11-13-15-17-19-42(62)71-41-25-34-21-22-58-56(36(34)26-40(41)65-7)29-73-54-46-45(52-51(68-30-69-52)32(4)50(46)70-33(5)61)39(28-67-55(56)64)60-38(27-57)37-24-35-23-31(3)49(66-8)53(44(35)47(48(54)60)59(37)6)72-43(63)20-18-16-14-12-10-2;1-9-11-13-15-17-19-40(60)70-39-25-33-21-22-56-55(35(33)26-38(39)64-7)28-72-52-44-43(50-49(67-29-68-50)31(4)48(44)69-32(5)59)37(27-66-54(55)63)58-46(52)45-42-34(24-36(53(58)62)57(45)6)23-30(3)47(65-8)51(42)71-41(61)20-18-16-14-12-10-2/h23,25-26,37-39,47-48,54,58H,9-22,24,28-30H2,1-8H3;23,25-26,36-37,45-46,52-53,56,62H,9-22,24,27-29H2,1-8H3/t37-,38-,39-,47+,48?,54+,56+;36-,37-,45+,46?,52+,53-,55+/m00/s1. The summed E-state index contributed by atoms with van der Waals surface area (Å²) in [4.78, 5) is 120. The molecule has 2 spiro atoms. The molecule has 4 fully saturated rings. The van der Waals surface area contributed by atoms with Crippen LogP contribution in [0.3, 0.4) is 0 Å². The Hall–Kier alpha value is -10.6. The summed E-state index contributed by atoms with van der Waals surface area (Å²) in [6, 6.07) is 8.55. The van der Waals surface area contributed by atoms with E-state index in [1.54, 1.807) is 26.4 Å². The van der Waals surface area contributed by atoms with E-state index in [9.17, 15) is 39.1 Å². The predicted molar refractivity (Wildman–Crippen MR) is 542 cm³/mol. The summed E-state index contributed by atoms with van der Waals surface area (Å²) in [5, 5.41) is 30.3.